The molecule has 192 valence electrons. The highest BCUT2D eigenvalue weighted by Crippen LogP contribution is 2.41. The molecular formula is C33H50N2. The largest absolute Gasteiger partial charge is 0.236 e. The first-order valence-electron chi connectivity index (χ1n) is 14.8. The maximum Gasteiger partial charge on any atom is 0.159 e. The fourth-order valence-electron chi connectivity index (χ4n) is 5.96. The molecule has 1 atom stereocenters. The average molecular weight is 475 g/mol. The first kappa shape index (κ1) is 27.6. The van der Waals surface area contributed by atoms with Crippen molar-refractivity contribution < 1.29 is 0 Å². The standard InChI is InChI=1S/C33H50N2/c1-4-7-9-10-11-13-16-28-25-34-33(35-26-28)31-23-21-30(22-24-31)32(14-6-3)29-19-17-27(18-20-29)15-12-8-5-2/h6,21-27,29,32H,3-5,7-20H2,1-2H3/t27-,29-,32?. The van der Waals surface area contributed by atoms with Gasteiger partial charge in [0, 0.05) is 18.0 Å². The topological polar surface area (TPSA) is 25.8 Å². The highest BCUT2D eigenvalue weighted by molar-refractivity contribution is 5.55. The zero-order valence-electron chi connectivity index (χ0n) is 22.7. The van der Waals surface area contributed by atoms with Crippen LogP contribution in [0.5, 0.6) is 0 Å². The summed E-state index contributed by atoms with van der Waals surface area (Å²) in [6.07, 6.45) is 27.5. The van der Waals surface area contributed by atoms with Crippen molar-refractivity contribution >= 4 is 0 Å². The molecule has 1 fully saturated rings. The minimum Gasteiger partial charge on any atom is -0.236 e. The van der Waals surface area contributed by atoms with Crippen LogP contribution >= 0.6 is 0 Å². The smallest absolute Gasteiger partial charge is 0.159 e. The summed E-state index contributed by atoms with van der Waals surface area (Å²) in [6.45, 7) is 8.66. The summed E-state index contributed by atoms with van der Waals surface area (Å²) in [5.74, 6) is 3.19. The zero-order valence-corrected chi connectivity index (χ0v) is 22.7. The van der Waals surface area contributed by atoms with E-state index in [4.69, 9.17) is 0 Å². The first-order chi connectivity index (χ1) is 17.2. The summed E-state index contributed by atoms with van der Waals surface area (Å²) in [5, 5.41) is 0. The third-order valence-electron chi connectivity index (χ3n) is 8.22. The summed E-state index contributed by atoms with van der Waals surface area (Å²) in [4.78, 5) is 9.38. The molecule has 1 aromatic heterocycles. The lowest BCUT2D eigenvalue weighted by Gasteiger charge is -2.34. The van der Waals surface area contributed by atoms with Crippen LogP contribution in [-0.4, -0.2) is 9.97 Å². The average Bonchev–Trinajstić information content (AvgIpc) is 2.90. The predicted octanol–water partition coefficient (Wildman–Crippen LogP) is 10.1. The number of hydrogen-bond donors (Lipinski definition) is 0. The van der Waals surface area contributed by atoms with E-state index in [0.717, 1.165) is 36.1 Å². The summed E-state index contributed by atoms with van der Waals surface area (Å²) in [5.41, 5.74) is 3.84. The fourth-order valence-corrected chi connectivity index (χ4v) is 5.96. The lowest BCUT2D eigenvalue weighted by Crippen LogP contribution is -2.20. The second-order valence-electron chi connectivity index (χ2n) is 11.0. The summed E-state index contributed by atoms with van der Waals surface area (Å²) in [6, 6.07) is 9.10. The Balaban J connectivity index is 1.52. The molecule has 1 saturated carbocycles. The molecule has 0 bridgehead atoms. The molecule has 1 aromatic carbocycles. The van der Waals surface area contributed by atoms with E-state index in [2.05, 4.69) is 60.7 Å². The van der Waals surface area contributed by atoms with Gasteiger partial charge in [0.2, 0.25) is 0 Å². The van der Waals surface area contributed by atoms with Crippen LogP contribution in [0.4, 0.5) is 0 Å². The molecule has 3 rings (SSSR count). The summed E-state index contributed by atoms with van der Waals surface area (Å²) < 4.78 is 0. The molecule has 2 heteroatoms. The molecule has 2 nitrogen and oxygen atoms in total. The Bertz CT molecular complexity index is 815. The molecule has 0 N–H and O–H groups in total. The predicted molar refractivity (Wildman–Crippen MR) is 152 cm³/mol. The van der Waals surface area contributed by atoms with Crippen LogP contribution in [0.3, 0.4) is 0 Å². The Hall–Kier alpha value is -1.96. The Morgan fingerprint density at radius 3 is 2.11 bits per heavy atom. The third kappa shape index (κ3) is 9.21. The van der Waals surface area contributed by atoms with Crippen LogP contribution in [0.15, 0.2) is 49.3 Å². The van der Waals surface area contributed by atoms with Gasteiger partial charge in [-0.3, -0.25) is 0 Å². The lowest BCUT2D eigenvalue weighted by atomic mass is 9.71. The Kier molecular flexibility index (Phi) is 12.6. The van der Waals surface area contributed by atoms with Crippen LogP contribution in [0.1, 0.15) is 127 Å². The van der Waals surface area contributed by atoms with Crippen molar-refractivity contribution in [3.8, 4) is 11.4 Å². The Labute approximate surface area is 216 Å². The number of unbranched alkanes of at least 4 members (excludes halogenated alkanes) is 7. The van der Waals surface area contributed by atoms with Crippen molar-refractivity contribution in [1.29, 1.82) is 0 Å². The molecule has 1 aliphatic carbocycles. The molecule has 1 aliphatic rings. The van der Waals surface area contributed by atoms with Crippen molar-refractivity contribution in [3.05, 3.63) is 60.4 Å². The van der Waals surface area contributed by atoms with E-state index in [1.54, 1.807) is 0 Å². The number of benzene rings is 1. The van der Waals surface area contributed by atoms with Crippen LogP contribution in [0.2, 0.25) is 0 Å². The van der Waals surface area contributed by atoms with Gasteiger partial charge in [-0.1, -0.05) is 115 Å². The normalized spacial score (nSPS) is 18.9. The van der Waals surface area contributed by atoms with Crippen molar-refractivity contribution in [3.63, 3.8) is 0 Å². The van der Waals surface area contributed by atoms with Gasteiger partial charge < -0.3 is 0 Å². The number of aromatic nitrogens is 2. The first-order valence-corrected chi connectivity index (χ1v) is 14.8. The van der Waals surface area contributed by atoms with E-state index >= 15 is 0 Å². The quantitative estimate of drug-likeness (QED) is 0.179. The van der Waals surface area contributed by atoms with Gasteiger partial charge in [-0.15, -0.1) is 6.58 Å². The van der Waals surface area contributed by atoms with E-state index in [1.807, 2.05) is 12.4 Å². The Morgan fingerprint density at radius 1 is 0.829 bits per heavy atom. The van der Waals surface area contributed by atoms with E-state index in [1.165, 1.54) is 101 Å². The van der Waals surface area contributed by atoms with E-state index < -0.39 is 0 Å². The van der Waals surface area contributed by atoms with Gasteiger partial charge in [0.15, 0.2) is 5.82 Å². The fraction of sp³-hybridized carbons (Fsp3) is 0.636. The minimum absolute atomic E-state index is 0.596. The van der Waals surface area contributed by atoms with E-state index in [-0.39, 0.29) is 0 Å². The summed E-state index contributed by atoms with van der Waals surface area (Å²) in [7, 11) is 0. The van der Waals surface area contributed by atoms with E-state index in [9.17, 15) is 0 Å². The van der Waals surface area contributed by atoms with Crippen molar-refractivity contribution in [2.24, 2.45) is 11.8 Å². The highest BCUT2D eigenvalue weighted by Gasteiger charge is 2.27. The van der Waals surface area contributed by atoms with Gasteiger partial charge >= 0.3 is 0 Å². The van der Waals surface area contributed by atoms with Gasteiger partial charge in [0.25, 0.3) is 0 Å². The van der Waals surface area contributed by atoms with Crippen LogP contribution in [0.25, 0.3) is 11.4 Å². The number of aryl methyl sites for hydroxylation is 1. The van der Waals surface area contributed by atoms with E-state index in [0.29, 0.717) is 5.92 Å². The third-order valence-corrected chi connectivity index (χ3v) is 8.22. The highest BCUT2D eigenvalue weighted by atomic mass is 14.9. The molecule has 0 aliphatic heterocycles. The zero-order chi connectivity index (χ0) is 24.7. The van der Waals surface area contributed by atoms with Crippen LogP contribution in [0, 0.1) is 11.8 Å². The molecule has 2 aromatic rings. The Morgan fingerprint density at radius 2 is 1.46 bits per heavy atom. The van der Waals surface area contributed by atoms with Crippen LogP contribution < -0.4 is 0 Å². The molecular weight excluding hydrogens is 424 g/mol. The molecule has 0 amide bonds. The number of hydrogen-bond acceptors (Lipinski definition) is 2. The van der Waals surface area contributed by atoms with Gasteiger partial charge in [0.1, 0.15) is 0 Å². The maximum atomic E-state index is 4.69. The van der Waals surface area contributed by atoms with Gasteiger partial charge in [-0.05, 0) is 61.0 Å². The van der Waals surface area contributed by atoms with Crippen molar-refractivity contribution in [2.75, 3.05) is 0 Å². The van der Waals surface area contributed by atoms with Gasteiger partial charge in [0.05, 0.1) is 0 Å². The SMILES string of the molecule is C=CCC(c1ccc(-c2ncc(CCCCCCCC)cn2)cc1)[C@H]1CC[C@H](CCCCC)CC1. The number of nitrogens with zero attached hydrogens (tertiary/aromatic N) is 2. The van der Waals surface area contributed by atoms with Crippen LogP contribution in [-0.2, 0) is 6.42 Å². The number of rotatable bonds is 16. The minimum atomic E-state index is 0.596. The second kappa shape index (κ2) is 15.9. The molecule has 0 saturated heterocycles. The second-order valence-corrected chi connectivity index (χ2v) is 11.0. The molecule has 0 radical (unpaired) electrons. The van der Waals surface area contributed by atoms with Gasteiger partial charge in [-0.2, -0.15) is 0 Å². The van der Waals surface area contributed by atoms with Crippen molar-refractivity contribution in [1.82, 2.24) is 9.97 Å². The van der Waals surface area contributed by atoms with Gasteiger partial charge in [-0.25, -0.2) is 9.97 Å². The molecule has 1 unspecified atom stereocenters. The maximum absolute atomic E-state index is 4.69. The summed E-state index contributed by atoms with van der Waals surface area (Å²) >= 11 is 0. The molecule has 0 spiro atoms. The monoisotopic (exact) mass is 474 g/mol. The number of allylic oxidation sites excluding steroid dienone is 1. The molecule has 1 heterocycles. The molecule has 35 heavy (non-hydrogen) atoms. The van der Waals surface area contributed by atoms with Crippen molar-refractivity contribution in [2.45, 2.75) is 122 Å². The lowest BCUT2D eigenvalue weighted by molar-refractivity contribution is 0.230.